The van der Waals surface area contributed by atoms with Crippen LogP contribution >= 0.6 is 7.60 Å². The average molecular weight is 280 g/mol. The Morgan fingerprint density at radius 2 is 1.89 bits per heavy atom. The van der Waals surface area contributed by atoms with Gasteiger partial charge in [0.2, 0.25) is 0 Å². The molecule has 0 spiro atoms. The van der Waals surface area contributed by atoms with Crippen molar-refractivity contribution in [1.82, 2.24) is 9.55 Å². The number of hydrogen-bond donors (Lipinski definition) is 6. The van der Waals surface area contributed by atoms with E-state index in [0.717, 1.165) is 10.8 Å². The van der Waals surface area contributed by atoms with Gasteiger partial charge in [-0.05, 0) is 0 Å². The van der Waals surface area contributed by atoms with Gasteiger partial charge in [0.05, 0.1) is 12.6 Å². The fraction of sp³-hybridized carbons (Fsp3) is 0.625. The lowest BCUT2D eigenvalue weighted by Crippen LogP contribution is -2.46. The monoisotopic (exact) mass is 280 g/mol. The summed E-state index contributed by atoms with van der Waals surface area (Å²) in [4.78, 5) is 21.5. The van der Waals surface area contributed by atoms with E-state index in [1.54, 1.807) is 0 Å². The van der Waals surface area contributed by atoms with Gasteiger partial charge >= 0.3 is 7.60 Å². The summed E-state index contributed by atoms with van der Waals surface area (Å²) >= 11 is 0. The molecule has 1 aliphatic rings. The molecule has 0 bridgehead atoms. The maximum absolute atomic E-state index is 11.1. The maximum Gasteiger partial charge on any atom is 0.376 e. The molecule has 2 heterocycles. The number of rotatable bonds is 2. The van der Waals surface area contributed by atoms with Crippen LogP contribution < -0.4 is 5.44 Å². The first-order chi connectivity index (χ1) is 8.27. The highest BCUT2D eigenvalue weighted by molar-refractivity contribution is 7.60. The number of nitrogens with zero attached hydrogens (tertiary/aromatic N) is 2. The quantitative estimate of drug-likeness (QED) is 0.313. The van der Waals surface area contributed by atoms with Crippen LogP contribution in [0.3, 0.4) is 0 Å². The summed E-state index contributed by atoms with van der Waals surface area (Å²) in [6, 6.07) is -1.02. The zero-order valence-corrected chi connectivity index (χ0v) is 9.92. The van der Waals surface area contributed by atoms with Crippen molar-refractivity contribution < 1.29 is 34.8 Å². The minimum atomic E-state index is -4.61. The fourth-order valence-electron chi connectivity index (χ4n) is 1.95. The first kappa shape index (κ1) is 13.6. The molecular weight excluding hydrogens is 267 g/mol. The predicted molar refractivity (Wildman–Crippen MR) is 57.0 cm³/mol. The van der Waals surface area contributed by atoms with Crippen LogP contribution in [0.2, 0.25) is 0 Å². The van der Waals surface area contributed by atoms with Crippen molar-refractivity contribution in [1.29, 1.82) is 0 Å². The van der Waals surface area contributed by atoms with Crippen LogP contribution in [0.15, 0.2) is 6.20 Å². The number of fused-ring (bicyclic) bond motifs is 1. The summed E-state index contributed by atoms with van der Waals surface area (Å²) in [7, 11) is -4.61. The Morgan fingerprint density at radius 3 is 2.39 bits per heavy atom. The van der Waals surface area contributed by atoms with E-state index in [0.29, 0.717) is 0 Å². The summed E-state index contributed by atoms with van der Waals surface area (Å²) in [5, 5.41) is 38.0. The summed E-state index contributed by atoms with van der Waals surface area (Å²) in [6.07, 6.45) is -3.67. The molecule has 1 aliphatic heterocycles. The van der Waals surface area contributed by atoms with Gasteiger partial charge < -0.3 is 34.8 Å². The molecule has 2 rings (SSSR count). The van der Waals surface area contributed by atoms with Gasteiger partial charge in [-0.1, -0.05) is 0 Å². The zero-order chi connectivity index (χ0) is 13.7. The normalized spacial score (nSPS) is 32.3. The van der Waals surface area contributed by atoms with E-state index in [1.165, 1.54) is 0 Å². The number of hydrogen-bond acceptors (Lipinski definition) is 6. The Balaban J connectivity index is 2.55. The molecule has 10 heteroatoms. The van der Waals surface area contributed by atoms with Crippen molar-refractivity contribution in [2.45, 2.75) is 24.4 Å². The summed E-state index contributed by atoms with van der Waals surface area (Å²) in [6.45, 7) is -0.574. The van der Waals surface area contributed by atoms with E-state index in [1.807, 2.05) is 0 Å². The number of aliphatic hydroxyl groups excluding tert-OH is 4. The van der Waals surface area contributed by atoms with Crippen molar-refractivity contribution in [2.75, 3.05) is 6.61 Å². The maximum atomic E-state index is 11.1. The minimum Gasteiger partial charge on any atom is -0.394 e. The third-order valence-corrected chi connectivity index (χ3v) is 3.74. The van der Waals surface area contributed by atoms with E-state index < -0.39 is 44.0 Å². The lowest BCUT2D eigenvalue weighted by atomic mass is 9.96. The Labute approximate surface area is 101 Å². The molecule has 0 fully saturated rings. The summed E-state index contributed by atoms with van der Waals surface area (Å²) in [5.74, 6) is -0.204. The highest BCUT2D eigenvalue weighted by Crippen LogP contribution is 2.37. The van der Waals surface area contributed by atoms with Gasteiger partial charge in [0.25, 0.3) is 0 Å². The molecule has 1 aromatic rings. The van der Waals surface area contributed by atoms with Crippen molar-refractivity contribution in [3.8, 4) is 0 Å². The van der Waals surface area contributed by atoms with E-state index >= 15 is 0 Å². The molecule has 102 valence electrons. The molecule has 0 saturated carbocycles. The van der Waals surface area contributed by atoms with Gasteiger partial charge in [-0.2, -0.15) is 0 Å². The fourth-order valence-corrected chi connectivity index (χ4v) is 2.45. The van der Waals surface area contributed by atoms with Crippen LogP contribution in [-0.4, -0.2) is 58.6 Å². The first-order valence-electron chi connectivity index (χ1n) is 5.07. The second-order valence-electron chi connectivity index (χ2n) is 4.08. The molecule has 18 heavy (non-hydrogen) atoms. The molecule has 9 nitrogen and oxygen atoms in total. The SMILES string of the molecule is O=P(O)(O)c1cn2c(n1)[C@@H](O)[C@@H](O)[C@H](O)[C@H]2CO. The first-order valence-corrected chi connectivity index (χ1v) is 6.68. The highest BCUT2D eigenvalue weighted by atomic mass is 31.2. The zero-order valence-electron chi connectivity index (χ0n) is 9.03. The van der Waals surface area contributed by atoms with Crippen LogP contribution in [0.25, 0.3) is 0 Å². The van der Waals surface area contributed by atoms with Gasteiger partial charge in [-0.25, -0.2) is 4.98 Å². The third kappa shape index (κ3) is 1.99. The lowest BCUT2D eigenvalue weighted by molar-refractivity contribution is -0.108. The largest absolute Gasteiger partial charge is 0.394 e. The van der Waals surface area contributed by atoms with Crippen LogP contribution in [0.4, 0.5) is 0 Å². The third-order valence-electron chi connectivity index (χ3n) is 2.92. The Hall–Kier alpha value is -0.800. The number of imidazole rings is 1. The van der Waals surface area contributed by atoms with Crippen molar-refractivity contribution in [2.24, 2.45) is 0 Å². The molecule has 6 N–H and O–H groups in total. The van der Waals surface area contributed by atoms with Gasteiger partial charge in [0.15, 0.2) is 5.44 Å². The van der Waals surface area contributed by atoms with Crippen LogP contribution in [0.1, 0.15) is 18.0 Å². The topological polar surface area (TPSA) is 156 Å². The number of aromatic nitrogens is 2. The molecule has 0 aliphatic carbocycles. The van der Waals surface area contributed by atoms with Crippen molar-refractivity contribution in [3.63, 3.8) is 0 Å². The van der Waals surface area contributed by atoms with Crippen molar-refractivity contribution >= 4 is 13.0 Å². The molecule has 0 saturated heterocycles. The Bertz CT molecular complexity index is 498. The van der Waals surface area contributed by atoms with Crippen molar-refractivity contribution in [3.05, 3.63) is 12.0 Å². The van der Waals surface area contributed by atoms with E-state index in [4.69, 9.17) is 14.9 Å². The average Bonchev–Trinajstić information content (AvgIpc) is 2.71. The molecule has 4 atom stereocenters. The highest BCUT2D eigenvalue weighted by Gasteiger charge is 2.42. The molecule has 0 aromatic carbocycles. The molecule has 0 radical (unpaired) electrons. The smallest absolute Gasteiger partial charge is 0.376 e. The minimum absolute atomic E-state index is 0.204. The second kappa shape index (κ2) is 4.39. The van der Waals surface area contributed by atoms with Crippen LogP contribution in [0.5, 0.6) is 0 Å². The standard InChI is InChI=1S/C8H13N2O7P/c11-2-3-5(12)6(13)7(14)8-9-4(1-10(3)8)18(15,16)17/h1,3,5-7,11-14H,2H2,(H2,15,16,17)/t3-,5-,6+,7+/m1/s1. The number of aliphatic hydroxyl groups is 4. The second-order valence-corrected chi connectivity index (χ2v) is 5.63. The van der Waals surface area contributed by atoms with E-state index in [-0.39, 0.29) is 5.82 Å². The van der Waals surface area contributed by atoms with E-state index in [2.05, 4.69) is 4.98 Å². The molecule has 0 amide bonds. The summed E-state index contributed by atoms with van der Waals surface area (Å²) in [5.41, 5.74) is -0.587. The van der Waals surface area contributed by atoms with E-state index in [9.17, 15) is 19.9 Å². The predicted octanol–water partition coefficient (Wildman–Crippen LogP) is -3.01. The molecular formula is C8H13N2O7P. The summed E-state index contributed by atoms with van der Waals surface area (Å²) < 4.78 is 12.1. The van der Waals surface area contributed by atoms with Gasteiger partial charge in [0, 0.05) is 6.20 Å². The van der Waals surface area contributed by atoms with Gasteiger partial charge in [-0.3, -0.25) is 4.57 Å². The van der Waals surface area contributed by atoms with Gasteiger partial charge in [-0.15, -0.1) is 0 Å². The van der Waals surface area contributed by atoms with Crippen LogP contribution in [-0.2, 0) is 4.57 Å². The Morgan fingerprint density at radius 1 is 1.28 bits per heavy atom. The molecule has 1 aromatic heterocycles. The molecule has 0 unspecified atom stereocenters. The van der Waals surface area contributed by atoms with Gasteiger partial charge in [0.1, 0.15) is 24.1 Å². The Kier molecular flexibility index (Phi) is 3.32. The lowest BCUT2D eigenvalue weighted by Gasteiger charge is -2.35. The van der Waals surface area contributed by atoms with Crippen LogP contribution in [0, 0.1) is 0 Å².